The molecule has 6 heteroatoms. The van der Waals surface area contributed by atoms with Crippen molar-refractivity contribution >= 4 is 44.7 Å². The lowest BCUT2D eigenvalue weighted by molar-refractivity contribution is -0.119. The third-order valence-electron chi connectivity index (χ3n) is 2.69. The van der Waals surface area contributed by atoms with Crippen molar-refractivity contribution in [1.29, 1.82) is 0 Å². The van der Waals surface area contributed by atoms with Crippen molar-refractivity contribution < 1.29 is 4.79 Å². The highest BCUT2D eigenvalue weighted by atomic mass is 79.9. The fourth-order valence-corrected chi connectivity index (χ4v) is 2.61. The minimum Gasteiger partial charge on any atom is -0.389 e. The van der Waals surface area contributed by atoms with Gasteiger partial charge in [-0.05, 0) is 40.5 Å². The molecule has 0 atom stereocenters. The molecule has 0 saturated carbocycles. The molecule has 0 radical (unpaired) electrons. The Morgan fingerprint density at radius 1 is 1.53 bits per heavy atom. The minimum atomic E-state index is -0.0111. The van der Waals surface area contributed by atoms with Gasteiger partial charge in [-0.1, -0.05) is 19.1 Å². The van der Waals surface area contributed by atoms with Gasteiger partial charge in [-0.2, -0.15) is 0 Å². The standard InChI is InChI=1S/C13H18BrN3OS/c1-3-6-17(8-12(18)16-2)9-4-5-10(13(15)19)11(14)7-9/h4-5,7H,3,6,8H2,1-2H3,(H2,15,19)(H,16,18). The van der Waals surface area contributed by atoms with Crippen molar-refractivity contribution in [3.63, 3.8) is 0 Å². The Morgan fingerprint density at radius 2 is 2.21 bits per heavy atom. The number of benzene rings is 1. The summed E-state index contributed by atoms with van der Waals surface area (Å²) in [5, 5.41) is 2.63. The van der Waals surface area contributed by atoms with E-state index in [2.05, 4.69) is 28.2 Å². The minimum absolute atomic E-state index is 0.0111. The monoisotopic (exact) mass is 343 g/mol. The van der Waals surface area contributed by atoms with E-state index >= 15 is 0 Å². The number of carbonyl (C=O) groups is 1. The molecule has 0 unspecified atom stereocenters. The Kier molecular flexibility index (Phi) is 6.24. The largest absolute Gasteiger partial charge is 0.389 e. The number of amides is 1. The lowest BCUT2D eigenvalue weighted by atomic mass is 10.2. The van der Waals surface area contributed by atoms with Gasteiger partial charge in [0, 0.05) is 29.3 Å². The number of nitrogens with one attached hydrogen (secondary N) is 1. The van der Waals surface area contributed by atoms with Gasteiger partial charge in [0.15, 0.2) is 0 Å². The van der Waals surface area contributed by atoms with Crippen molar-refractivity contribution in [2.75, 3.05) is 25.0 Å². The van der Waals surface area contributed by atoms with Crippen molar-refractivity contribution in [2.45, 2.75) is 13.3 Å². The summed E-state index contributed by atoms with van der Waals surface area (Å²) < 4.78 is 0.843. The number of rotatable bonds is 6. The zero-order valence-corrected chi connectivity index (χ0v) is 13.5. The van der Waals surface area contributed by atoms with Crippen molar-refractivity contribution in [3.05, 3.63) is 28.2 Å². The summed E-state index contributed by atoms with van der Waals surface area (Å²) in [4.78, 5) is 13.9. The maximum Gasteiger partial charge on any atom is 0.239 e. The Bertz CT molecular complexity index is 479. The first-order valence-corrected chi connectivity index (χ1v) is 7.24. The molecular formula is C13H18BrN3OS. The Labute approximate surface area is 127 Å². The van der Waals surface area contributed by atoms with Crippen LogP contribution in [0.3, 0.4) is 0 Å². The van der Waals surface area contributed by atoms with E-state index in [1.165, 1.54) is 0 Å². The van der Waals surface area contributed by atoms with E-state index in [4.69, 9.17) is 18.0 Å². The quantitative estimate of drug-likeness (QED) is 0.776. The third kappa shape index (κ3) is 4.47. The number of anilines is 1. The summed E-state index contributed by atoms with van der Waals surface area (Å²) in [5.74, 6) is -0.0111. The van der Waals surface area contributed by atoms with Crippen LogP contribution in [0, 0.1) is 0 Å². The molecule has 0 fully saturated rings. The molecule has 0 saturated heterocycles. The molecule has 0 heterocycles. The van der Waals surface area contributed by atoms with Gasteiger partial charge in [-0.3, -0.25) is 4.79 Å². The molecule has 104 valence electrons. The van der Waals surface area contributed by atoms with E-state index < -0.39 is 0 Å². The molecule has 0 aliphatic rings. The van der Waals surface area contributed by atoms with Crippen LogP contribution in [-0.2, 0) is 4.79 Å². The fourth-order valence-electron chi connectivity index (χ4n) is 1.72. The fraction of sp³-hybridized carbons (Fsp3) is 0.385. The van der Waals surface area contributed by atoms with Crippen LogP contribution in [0.25, 0.3) is 0 Å². The number of nitrogens with two attached hydrogens (primary N) is 1. The number of likely N-dealkylation sites (N-methyl/N-ethyl adjacent to an activating group) is 1. The summed E-state index contributed by atoms with van der Waals surface area (Å²) >= 11 is 8.42. The molecule has 4 nitrogen and oxygen atoms in total. The number of nitrogens with zero attached hydrogens (tertiary/aromatic N) is 1. The van der Waals surface area contributed by atoms with Crippen LogP contribution < -0.4 is 16.0 Å². The van der Waals surface area contributed by atoms with E-state index in [0.29, 0.717) is 11.5 Å². The predicted octanol–water partition coefficient (Wildman–Crippen LogP) is 2.05. The van der Waals surface area contributed by atoms with Gasteiger partial charge in [-0.25, -0.2) is 0 Å². The number of hydrogen-bond acceptors (Lipinski definition) is 3. The van der Waals surface area contributed by atoms with Gasteiger partial charge in [0.1, 0.15) is 4.99 Å². The number of thiocarbonyl (C=S) groups is 1. The maximum absolute atomic E-state index is 11.5. The molecule has 1 rings (SSSR count). The average Bonchev–Trinajstić information content (AvgIpc) is 2.37. The number of carbonyl (C=O) groups excluding carboxylic acids is 1. The second kappa shape index (κ2) is 7.45. The van der Waals surface area contributed by atoms with E-state index in [9.17, 15) is 4.79 Å². The van der Waals surface area contributed by atoms with Gasteiger partial charge >= 0.3 is 0 Å². The average molecular weight is 344 g/mol. The molecule has 0 aromatic heterocycles. The topological polar surface area (TPSA) is 58.4 Å². The van der Waals surface area contributed by atoms with E-state index in [1.54, 1.807) is 7.05 Å². The van der Waals surface area contributed by atoms with Gasteiger partial charge in [0.2, 0.25) is 5.91 Å². The van der Waals surface area contributed by atoms with Crippen LogP contribution in [0.5, 0.6) is 0 Å². The highest BCUT2D eigenvalue weighted by Crippen LogP contribution is 2.24. The normalized spacial score (nSPS) is 10.1. The van der Waals surface area contributed by atoms with Crippen LogP contribution in [-0.4, -0.2) is 31.0 Å². The van der Waals surface area contributed by atoms with Crippen molar-refractivity contribution in [3.8, 4) is 0 Å². The van der Waals surface area contributed by atoms with Gasteiger partial charge in [0.25, 0.3) is 0 Å². The molecule has 0 aliphatic carbocycles. The highest BCUT2D eigenvalue weighted by Gasteiger charge is 2.12. The number of hydrogen-bond donors (Lipinski definition) is 2. The molecule has 0 bridgehead atoms. The van der Waals surface area contributed by atoms with Crippen LogP contribution in [0.1, 0.15) is 18.9 Å². The zero-order chi connectivity index (χ0) is 14.4. The maximum atomic E-state index is 11.5. The smallest absolute Gasteiger partial charge is 0.239 e. The van der Waals surface area contributed by atoms with Crippen molar-refractivity contribution in [1.82, 2.24) is 5.32 Å². The molecular weight excluding hydrogens is 326 g/mol. The summed E-state index contributed by atoms with van der Waals surface area (Å²) in [5.41, 5.74) is 7.40. The molecule has 0 spiro atoms. The van der Waals surface area contributed by atoms with Gasteiger partial charge in [-0.15, -0.1) is 0 Å². The molecule has 1 amide bonds. The van der Waals surface area contributed by atoms with E-state index in [-0.39, 0.29) is 5.91 Å². The Hall–Kier alpha value is -1.14. The Morgan fingerprint density at radius 3 is 2.68 bits per heavy atom. The first kappa shape index (κ1) is 15.9. The lowest BCUT2D eigenvalue weighted by Crippen LogP contribution is -2.36. The van der Waals surface area contributed by atoms with Crippen LogP contribution in [0.2, 0.25) is 0 Å². The first-order valence-electron chi connectivity index (χ1n) is 6.04. The summed E-state index contributed by atoms with van der Waals surface area (Å²) in [7, 11) is 1.64. The zero-order valence-electron chi connectivity index (χ0n) is 11.1. The van der Waals surface area contributed by atoms with Crippen molar-refractivity contribution in [2.24, 2.45) is 5.73 Å². The summed E-state index contributed by atoms with van der Waals surface area (Å²) in [6, 6.07) is 5.74. The predicted molar refractivity (Wildman–Crippen MR) is 86.6 cm³/mol. The van der Waals surface area contributed by atoms with Gasteiger partial charge in [0.05, 0.1) is 6.54 Å². The van der Waals surface area contributed by atoms with E-state index in [1.807, 2.05) is 23.1 Å². The van der Waals surface area contributed by atoms with Crippen LogP contribution in [0.4, 0.5) is 5.69 Å². The SMILES string of the molecule is CCCN(CC(=O)NC)c1ccc(C(N)=S)c(Br)c1. The van der Waals surface area contributed by atoms with Gasteiger partial charge < -0.3 is 16.0 Å². The molecule has 0 aliphatic heterocycles. The lowest BCUT2D eigenvalue weighted by Gasteiger charge is -2.24. The first-order chi connectivity index (χ1) is 8.99. The molecule has 1 aromatic carbocycles. The van der Waals surface area contributed by atoms with Crippen LogP contribution in [0.15, 0.2) is 22.7 Å². The third-order valence-corrected chi connectivity index (χ3v) is 3.57. The molecule has 1 aromatic rings. The summed E-state index contributed by atoms with van der Waals surface area (Å²) in [6.45, 7) is 3.23. The van der Waals surface area contributed by atoms with Crippen LogP contribution >= 0.6 is 28.1 Å². The second-order valence-corrected chi connectivity index (χ2v) is 5.42. The highest BCUT2D eigenvalue weighted by molar-refractivity contribution is 9.10. The second-order valence-electron chi connectivity index (χ2n) is 4.12. The summed E-state index contributed by atoms with van der Waals surface area (Å²) in [6.07, 6.45) is 0.964. The molecule has 3 N–H and O–H groups in total. The number of halogens is 1. The Balaban J connectivity index is 2.99. The molecule has 19 heavy (non-hydrogen) atoms. The van der Waals surface area contributed by atoms with E-state index in [0.717, 1.165) is 28.7 Å².